The molecule has 0 atom stereocenters. The normalized spacial score (nSPS) is 12.9. The van der Waals surface area contributed by atoms with Gasteiger partial charge in [-0.3, -0.25) is 0 Å². The van der Waals surface area contributed by atoms with Crippen molar-refractivity contribution in [2.45, 2.75) is 31.0 Å². The van der Waals surface area contributed by atoms with Gasteiger partial charge in [-0.05, 0) is 25.1 Å². The molecule has 4 nitrogen and oxygen atoms in total. The first-order valence-electron chi connectivity index (χ1n) is 6.51. The fourth-order valence-electron chi connectivity index (χ4n) is 1.96. The van der Waals surface area contributed by atoms with Crippen LogP contribution in [0, 0.1) is 0 Å². The molecule has 0 saturated heterocycles. The van der Waals surface area contributed by atoms with Crippen LogP contribution in [0.4, 0.5) is 13.2 Å². The van der Waals surface area contributed by atoms with Crippen LogP contribution in [-0.4, -0.2) is 39.0 Å². The third-order valence-corrected chi connectivity index (χ3v) is 4.73. The maximum Gasteiger partial charge on any atom is 0.402 e. The molecule has 21 heavy (non-hydrogen) atoms. The van der Waals surface area contributed by atoms with E-state index >= 15 is 0 Å². The van der Waals surface area contributed by atoms with E-state index in [0.29, 0.717) is 16.3 Å². The third kappa shape index (κ3) is 4.98. The Kier molecular flexibility index (Phi) is 6.18. The molecule has 0 spiro atoms. The predicted molar refractivity (Wildman–Crippen MR) is 74.3 cm³/mol. The SMILES string of the molecule is CCCN(CC(F)(F)F)S(=O)(=O)c1ccccc1CNC. The number of benzene rings is 1. The molecule has 0 fully saturated rings. The summed E-state index contributed by atoms with van der Waals surface area (Å²) in [5.41, 5.74) is 0.447. The van der Waals surface area contributed by atoms with E-state index in [4.69, 9.17) is 0 Å². The third-order valence-electron chi connectivity index (χ3n) is 2.79. The molecule has 0 unspecified atom stereocenters. The quantitative estimate of drug-likeness (QED) is 0.838. The molecule has 0 aliphatic heterocycles. The first-order valence-corrected chi connectivity index (χ1v) is 7.95. The van der Waals surface area contributed by atoms with Gasteiger partial charge in [-0.1, -0.05) is 25.1 Å². The van der Waals surface area contributed by atoms with Gasteiger partial charge < -0.3 is 5.32 Å². The fourth-order valence-corrected chi connectivity index (χ4v) is 3.70. The highest BCUT2D eigenvalue weighted by molar-refractivity contribution is 7.89. The summed E-state index contributed by atoms with van der Waals surface area (Å²) >= 11 is 0. The molecule has 0 amide bonds. The van der Waals surface area contributed by atoms with Crippen LogP contribution in [0.15, 0.2) is 29.2 Å². The fraction of sp³-hybridized carbons (Fsp3) is 0.538. The zero-order valence-electron chi connectivity index (χ0n) is 11.9. The van der Waals surface area contributed by atoms with Gasteiger partial charge >= 0.3 is 6.18 Å². The first-order chi connectivity index (χ1) is 9.72. The lowest BCUT2D eigenvalue weighted by atomic mass is 10.2. The lowest BCUT2D eigenvalue weighted by Crippen LogP contribution is -2.39. The van der Waals surface area contributed by atoms with Gasteiger partial charge in [0, 0.05) is 13.1 Å². The number of rotatable bonds is 7. The van der Waals surface area contributed by atoms with E-state index in [1.165, 1.54) is 12.1 Å². The Bertz CT molecular complexity index is 559. The molecule has 0 saturated carbocycles. The number of hydrogen-bond donors (Lipinski definition) is 1. The Hall–Kier alpha value is -1.12. The monoisotopic (exact) mass is 324 g/mol. The number of halogens is 3. The van der Waals surface area contributed by atoms with Gasteiger partial charge in [0.2, 0.25) is 10.0 Å². The van der Waals surface area contributed by atoms with E-state index in [9.17, 15) is 21.6 Å². The smallest absolute Gasteiger partial charge is 0.316 e. The van der Waals surface area contributed by atoms with Crippen molar-refractivity contribution in [3.8, 4) is 0 Å². The zero-order valence-corrected chi connectivity index (χ0v) is 12.8. The van der Waals surface area contributed by atoms with Crippen molar-refractivity contribution in [3.63, 3.8) is 0 Å². The Labute approximate surface area is 123 Å². The standard InChI is InChI=1S/C13H19F3N2O2S/c1-3-8-18(10-13(14,15)16)21(19,20)12-7-5-4-6-11(12)9-17-2/h4-7,17H,3,8-10H2,1-2H3. The number of nitrogens with one attached hydrogen (secondary N) is 1. The van der Waals surface area contributed by atoms with Gasteiger partial charge in [0.25, 0.3) is 0 Å². The summed E-state index contributed by atoms with van der Waals surface area (Å²) in [5, 5.41) is 2.81. The van der Waals surface area contributed by atoms with Gasteiger partial charge in [-0.25, -0.2) is 8.42 Å². The van der Waals surface area contributed by atoms with Crippen LogP contribution < -0.4 is 5.32 Å². The minimum atomic E-state index is -4.57. The van der Waals surface area contributed by atoms with Crippen LogP contribution in [0.1, 0.15) is 18.9 Å². The summed E-state index contributed by atoms with van der Waals surface area (Å²) in [7, 11) is -2.53. The summed E-state index contributed by atoms with van der Waals surface area (Å²) in [4.78, 5) is -0.0861. The van der Waals surface area contributed by atoms with Crippen LogP contribution in [0.25, 0.3) is 0 Å². The summed E-state index contributed by atoms with van der Waals surface area (Å²) in [5.74, 6) is 0. The van der Waals surface area contributed by atoms with Gasteiger partial charge in [-0.2, -0.15) is 17.5 Å². The Morgan fingerprint density at radius 3 is 2.38 bits per heavy atom. The molecule has 0 aliphatic rings. The van der Waals surface area contributed by atoms with E-state index in [2.05, 4.69) is 5.32 Å². The maximum absolute atomic E-state index is 12.6. The molecule has 1 rings (SSSR count). The number of nitrogens with zero attached hydrogens (tertiary/aromatic N) is 1. The second kappa shape index (κ2) is 7.24. The Morgan fingerprint density at radius 1 is 1.24 bits per heavy atom. The van der Waals surface area contributed by atoms with Crippen molar-refractivity contribution in [2.75, 3.05) is 20.1 Å². The van der Waals surface area contributed by atoms with E-state index in [-0.39, 0.29) is 18.0 Å². The zero-order chi connectivity index (χ0) is 16.1. The van der Waals surface area contributed by atoms with Crippen LogP contribution >= 0.6 is 0 Å². The van der Waals surface area contributed by atoms with Crippen molar-refractivity contribution >= 4 is 10.0 Å². The second-order valence-electron chi connectivity index (χ2n) is 4.59. The highest BCUT2D eigenvalue weighted by Crippen LogP contribution is 2.25. The minimum absolute atomic E-state index is 0.0861. The molecule has 0 aromatic heterocycles. The molecule has 1 aromatic rings. The van der Waals surface area contributed by atoms with E-state index < -0.39 is 22.7 Å². The molecule has 1 N–H and O–H groups in total. The van der Waals surface area contributed by atoms with Gasteiger partial charge in [0.1, 0.15) is 6.54 Å². The molecule has 8 heteroatoms. The number of hydrogen-bond acceptors (Lipinski definition) is 3. The Morgan fingerprint density at radius 2 is 1.86 bits per heavy atom. The molecule has 0 radical (unpaired) electrons. The first kappa shape index (κ1) is 17.9. The van der Waals surface area contributed by atoms with E-state index in [0.717, 1.165) is 0 Å². The topological polar surface area (TPSA) is 49.4 Å². The lowest BCUT2D eigenvalue weighted by molar-refractivity contribution is -0.136. The van der Waals surface area contributed by atoms with E-state index in [1.807, 2.05) is 0 Å². The van der Waals surface area contributed by atoms with Gasteiger partial charge in [0.05, 0.1) is 4.90 Å². The highest BCUT2D eigenvalue weighted by Gasteiger charge is 2.37. The number of alkyl halides is 3. The minimum Gasteiger partial charge on any atom is -0.316 e. The average molecular weight is 324 g/mol. The molecule has 0 bridgehead atoms. The van der Waals surface area contributed by atoms with Crippen molar-refractivity contribution in [2.24, 2.45) is 0 Å². The van der Waals surface area contributed by atoms with Gasteiger partial charge in [0.15, 0.2) is 0 Å². The molecular weight excluding hydrogens is 305 g/mol. The summed E-state index contributed by atoms with van der Waals surface area (Å²) in [6.07, 6.45) is -4.26. The van der Waals surface area contributed by atoms with Crippen LogP contribution in [0.5, 0.6) is 0 Å². The molecule has 1 aromatic carbocycles. The van der Waals surface area contributed by atoms with Crippen LogP contribution in [-0.2, 0) is 16.6 Å². The van der Waals surface area contributed by atoms with Crippen molar-refractivity contribution in [1.29, 1.82) is 0 Å². The largest absolute Gasteiger partial charge is 0.402 e. The maximum atomic E-state index is 12.6. The molecule has 0 aliphatic carbocycles. The lowest BCUT2D eigenvalue weighted by Gasteiger charge is -2.24. The van der Waals surface area contributed by atoms with Crippen molar-refractivity contribution in [3.05, 3.63) is 29.8 Å². The summed E-state index contributed by atoms with van der Waals surface area (Å²) in [6, 6.07) is 6.07. The highest BCUT2D eigenvalue weighted by atomic mass is 32.2. The second-order valence-corrected chi connectivity index (χ2v) is 6.50. The van der Waals surface area contributed by atoms with E-state index in [1.54, 1.807) is 26.1 Å². The average Bonchev–Trinajstić information content (AvgIpc) is 2.37. The summed E-state index contributed by atoms with van der Waals surface area (Å²) in [6.45, 7) is 0.257. The predicted octanol–water partition coefficient (Wildman–Crippen LogP) is 2.37. The van der Waals surface area contributed by atoms with Crippen molar-refractivity contribution < 1.29 is 21.6 Å². The molecule has 120 valence electrons. The van der Waals surface area contributed by atoms with Crippen LogP contribution in [0.2, 0.25) is 0 Å². The molecular formula is C13H19F3N2O2S. The summed E-state index contributed by atoms with van der Waals surface area (Å²) < 4.78 is 63.3. The number of sulfonamides is 1. The van der Waals surface area contributed by atoms with Crippen LogP contribution in [0.3, 0.4) is 0 Å². The Balaban J connectivity index is 3.23. The molecule has 0 heterocycles. The van der Waals surface area contributed by atoms with Gasteiger partial charge in [-0.15, -0.1) is 0 Å². The van der Waals surface area contributed by atoms with Crippen molar-refractivity contribution in [1.82, 2.24) is 9.62 Å².